The van der Waals surface area contributed by atoms with Gasteiger partial charge in [-0.25, -0.2) is 4.79 Å². The molecule has 0 radical (unpaired) electrons. The lowest BCUT2D eigenvalue weighted by Crippen LogP contribution is -2.51. The first-order valence-corrected chi connectivity index (χ1v) is 10.4. The van der Waals surface area contributed by atoms with Gasteiger partial charge in [0.2, 0.25) is 5.91 Å². The number of halogens is 1. The zero-order chi connectivity index (χ0) is 22.1. The Morgan fingerprint density at radius 3 is 2.13 bits per heavy atom. The minimum Gasteiger partial charge on any atom is -0.444 e. The molecule has 0 aromatic rings. The Morgan fingerprint density at radius 2 is 1.63 bits per heavy atom. The van der Waals surface area contributed by atoms with Crippen LogP contribution in [0.5, 0.6) is 0 Å². The van der Waals surface area contributed by atoms with Crippen LogP contribution in [0.25, 0.3) is 0 Å². The van der Waals surface area contributed by atoms with Crippen molar-refractivity contribution in [2.24, 2.45) is 4.99 Å². The minimum atomic E-state index is -0.534. The Balaban J connectivity index is 0.00000841. The zero-order valence-electron chi connectivity index (χ0n) is 19.6. The van der Waals surface area contributed by atoms with Gasteiger partial charge in [0, 0.05) is 52.7 Å². The number of alkyl carbamates (subject to hydrolysis) is 1. The minimum absolute atomic E-state index is 0. The Labute approximate surface area is 198 Å². The van der Waals surface area contributed by atoms with Crippen molar-refractivity contribution in [2.45, 2.75) is 59.6 Å². The molecule has 1 aliphatic heterocycles. The van der Waals surface area contributed by atoms with E-state index in [4.69, 9.17) is 4.74 Å². The molecule has 1 rings (SSSR count). The summed E-state index contributed by atoms with van der Waals surface area (Å²) in [6, 6.07) is 0. The third-order valence-electron chi connectivity index (χ3n) is 4.35. The summed E-state index contributed by atoms with van der Waals surface area (Å²) in [5.74, 6) is 0.862. The number of rotatable bonds is 7. The molecule has 1 fully saturated rings. The Kier molecular flexibility index (Phi) is 12.6. The van der Waals surface area contributed by atoms with Gasteiger partial charge in [0.25, 0.3) is 0 Å². The van der Waals surface area contributed by atoms with Gasteiger partial charge in [0.15, 0.2) is 5.96 Å². The molecule has 0 aromatic carbocycles. The van der Waals surface area contributed by atoms with E-state index in [1.54, 1.807) is 6.92 Å². The molecule has 1 aliphatic rings. The van der Waals surface area contributed by atoms with Gasteiger partial charge in [0.05, 0.1) is 12.1 Å². The number of piperazine rings is 1. The van der Waals surface area contributed by atoms with E-state index in [0.29, 0.717) is 12.5 Å². The maximum atomic E-state index is 12.0. The summed E-state index contributed by atoms with van der Waals surface area (Å²) in [5.41, 5.74) is -1.07. The fourth-order valence-corrected chi connectivity index (χ4v) is 2.86. The van der Waals surface area contributed by atoms with Crippen molar-refractivity contribution in [1.82, 2.24) is 25.8 Å². The smallest absolute Gasteiger partial charge is 0.408 e. The molecule has 176 valence electrons. The molecule has 1 saturated heterocycles. The van der Waals surface area contributed by atoms with Gasteiger partial charge in [-0.05, 0) is 41.5 Å². The van der Waals surface area contributed by atoms with Gasteiger partial charge in [0.1, 0.15) is 5.60 Å². The highest BCUT2D eigenvalue weighted by molar-refractivity contribution is 14.0. The number of carbonyl (C=O) groups excluding carboxylic acids is 2. The van der Waals surface area contributed by atoms with Crippen molar-refractivity contribution >= 4 is 41.9 Å². The fraction of sp³-hybridized carbons (Fsp3) is 0.850. The van der Waals surface area contributed by atoms with Crippen molar-refractivity contribution in [2.75, 3.05) is 52.4 Å². The average Bonchev–Trinajstić information content (AvgIpc) is 2.58. The highest BCUT2D eigenvalue weighted by Gasteiger charge is 2.24. The molecular formula is C20H41IN6O3. The van der Waals surface area contributed by atoms with Crippen LogP contribution in [0.1, 0.15) is 48.5 Å². The van der Waals surface area contributed by atoms with Crippen LogP contribution >= 0.6 is 24.0 Å². The number of carbonyl (C=O) groups is 2. The number of aliphatic imine (C=N–C) groups is 1. The zero-order valence-corrected chi connectivity index (χ0v) is 22.0. The van der Waals surface area contributed by atoms with Crippen LogP contribution in [0.3, 0.4) is 0 Å². The van der Waals surface area contributed by atoms with Crippen molar-refractivity contribution in [1.29, 1.82) is 0 Å². The topological polar surface area (TPSA) is 98.3 Å². The average molecular weight is 540 g/mol. The van der Waals surface area contributed by atoms with Gasteiger partial charge in [-0.1, -0.05) is 0 Å². The lowest BCUT2D eigenvalue weighted by molar-refractivity contribution is -0.130. The number of nitrogens with one attached hydrogen (secondary N) is 3. The van der Waals surface area contributed by atoms with Gasteiger partial charge in [-0.2, -0.15) is 0 Å². The second-order valence-corrected chi connectivity index (χ2v) is 8.98. The molecule has 2 amide bonds. The number of ether oxygens (including phenoxy) is 1. The molecule has 0 bridgehead atoms. The maximum absolute atomic E-state index is 12.0. The van der Waals surface area contributed by atoms with E-state index in [1.807, 2.05) is 46.4 Å². The molecule has 0 saturated carbocycles. The summed E-state index contributed by atoms with van der Waals surface area (Å²) in [6.45, 7) is 19.1. The largest absolute Gasteiger partial charge is 0.444 e. The third kappa shape index (κ3) is 12.4. The Hall–Kier alpha value is -1.30. The summed E-state index contributed by atoms with van der Waals surface area (Å²) < 4.78 is 5.32. The predicted octanol–water partition coefficient (Wildman–Crippen LogP) is 1.63. The fourth-order valence-electron chi connectivity index (χ4n) is 2.86. The van der Waals surface area contributed by atoms with E-state index < -0.39 is 17.2 Å². The van der Waals surface area contributed by atoms with Crippen molar-refractivity contribution < 1.29 is 14.3 Å². The summed E-state index contributed by atoms with van der Waals surface area (Å²) in [5, 5.41) is 9.44. The van der Waals surface area contributed by atoms with E-state index >= 15 is 0 Å². The van der Waals surface area contributed by atoms with Crippen LogP contribution < -0.4 is 16.0 Å². The predicted molar refractivity (Wildman–Crippen MR) is 132 cm³/mol. The van der Waals surface area contributed by atoms with Crippen LogP contribution in [0.2, 0.25) is 0 Å². The molecule has 1 heterocycles. The first-order valence-electron chi connectivity index (χ1n) is 10.4. The Bertz CT molecular complexity index is 569. The van der Waals surface area contributed by atoms with E-state index in [-0.39, 0.29) is 29.9 Å². The number of amides is 2. The highest BCUT2D eigenvalue weighted by Crippen LogP contribution is 2.09. The second kappa shape index (κ2) is 13.2. The number of nitrogens with zero attached hydrogens (tertiary/aromatic N) is 3. The lowest BCUT2D eigenvalue weighted by Gasteiger charge is -2.34. The molecule has 30 heavy (non-hydrogen) atoms. The molecule has 0 aliphatic carbocycles. The van der Waals surface area contributed by atoms with E-state index in [0.717, 1.165) is 45.8 Å². The first-order chi connectivity index (χ1) is 13.4. The van der Waals surface area contributed by atoms with Crippen LogP contribution in [0, 0.1) is 0 Å². The molecule has 0 atom stereocenters. The van der Waals surface area contributed by atoms with Gasteiger partial charge in [-0.3, -0.25) is 14.7 Å². The molecular weight excluding hydrogens is 499 g/mol. The van der Waals surface area contributed by atoms with Crippen LogP contribution in [0.15, 0.2) is 4.99 Å². The van der Waals surface area contributed by atoms with Crippen molar-refractivity contribution in [3.8, 4) is 0 Å². The monoisotopic (exact) mass is 540 g/mol. The first kappa shape index (κ1) is 28.7. The molecule has 0 aromatic heterocycles. The molecule has 3 N–H and O–H groups in total. The summed E-state index contributed by atoms with van der Waals surface area (Å²) in [6.07, 6.45) is -0.444. The van der Waals surface area contributed by atoms with Crippen molar-refractivity contribution in [3.05, 3.63) is 0 Å². The highest BCUT2D eigenvalue weighted by atomic mass is 127. The summed E-state index contributed by atoms with van der Waals surface area (Å²) in [7, 11) is 0. The molecule has 0 spiro atoms. The SMILES string of the molecule is CCNC(=NCC(C)(C)NC(=O)OC(C)(C)C)NCCN1CCN(C(C)=O)CC1.I. The second-order valence-electron chi connectivity index (χ2n) is 8.98. The summed E-state index contributed by atoms with van der Waals surface area (Å²) in [4.78, 5) is 32.2. The van der Waals surface area contributed by atoms with Crippen LogP contribution in [-0.4, -0.2) is 91.3 Å². The standard InChI is InChI=1S/C20H40N6O3.HI/c1-8-21-17(22-9-10-25-11-13-26(14-12-25)16(2)27)23-15-20(6,7)24-18(28)29-19(3,4)5;/h8-15H2,1-7H3,(H,24,28)(H2,21,22,23);1H. The van der Waals surface area contributed by atoms with E-state index in [1.165, 1.54) is 0 Å². The maximum Gasteiger partial charge on any atom is 0.408 e. The Morgan fingerprint density at radius 1 is 1.03 bits per heavy atom. The number of hydrogen-bond acceptors (Lipinski definition) is 5. The lowest BCUT2D eigenvalue weighted by atomic mass is 10.1. The molecule has 9 nitrogen and oxygen atoms in total. The number of hydrogen-bond donors (Lipinski definition) is 3. The summed E-state index contributed by atoms with van der Waals surface area (Å²) >= 11 is 0. The third-order valence-corrected chi connectivity index (χ3v) is 4.35. The molecule has 0 unspecified atom stereocenters. The van der Waals surface area contributed by atoms with Gasteiger partial charge in [-0.15, -0.1) is 24.0 Å². The molecule has 10 heteroatoms. The van der Waals surface area contributed by atoms with Gasteiger partial charge < -0.3 is 25.6 Å². The normalized spacial score (nSPS) is 15.8. The van der Waals surface area contributed by atoms with E-state index in [9.17, 15) is 9.59 Å². The quantitative estimate of drug-likeness (QED) is 0.258. The van der Waals surface area contributed by atoms with E-state index in [2.05, 4.69) is 25.8 Å². The van der Waals surface area contributed by atoms with Gasteiger partial charge >= 0.3 is 6.09 Å². The van der Waals surface area contributed by atoms with Crippen LogP contribution in [0.4, 0.5) is 4.79 Å². The van der Waals surface area contributed by atoms with Crippen molar-refractivity contribution in [3.63, 3.8) is 0 Å². The van der Waals surface area contributed by atoms with Crippen LogP contribution in [-0.2, 0) is 9.53 Å². The number of guanidine groups is 1.